The molecule has 206 valence electrons. The average Bonchev–Trinajstić information content (AvgIpc) is 3.49. The van der Waals surface area contributed by atoms with E-state index in [1.54, 1.807) is 11.0 Å². The van der Waals surface area contributed by atoms with Crippen LogP contribution in [0, 0.1) is 6.92 Å². The van der Waals surface area contributed by atoms with Crippen LogP contribution in [0.5, 0.6) is 0 Å². The van der Waals surface area contributed by atoms with Crippen molar-refractivity contribution in [3.8, 4) is 23.0 Å². The summed E-state index contributed by atoms with van der Waals surface area (Å²) in [4.78, 5) is 33.7. The van der Waals surface area contributed by atoms with E-state index in [0.29, 0.717) is 24.5 Å². The fraction of sp³-hybridized carbons (Fsp3) is 0.242. The minimum Gasteiger partial charge on any atom is -0.338 e. The highest BCUT2D eigenvalue weighted by atomic mass is 16.2. The second-order valence-corrected chi connectivity index (χ2v) is 10.4. The van der Waals surface area contributed by atoms with Crippen LogP contribution in [0.4, 0.5) is 0 Å². The predicted octanol–water partition coefficient (Wildman–Crippen LogP) is 5.97. The van der Waals surface area contributed by atoms with Crippen molar-refractivity contribution < 1.29 is 4.79 Å². The number of carbonyl (C=O) groups excluding carboxylic acids is 1. The second-order valence-electron chi connectivity index (χ2n) is 10.4. The summed E-state index contributed by atoms with van der Waals surface area (Å²) in [5.74, 6) is 1.53. The number of aryl methyl sites for hydroxylation is 3. The third kappa shape index (κ3) is 4.86. The van der Waals surface area contributed by atoms with Gasteiger partial charge in [0, 0.05) is 33.4 Å². The minimum atomic E-state index is -0.0648. The van der Waals surface area contributed by atoms with Crippen molar-refractivity contribution >= 4 is 28.0 Å². The van der Waals surface area contributed by atoms with Gasteiger partial charge in [0.1, 0.15) is 17.1 Å². The molecule has 0 aliphatic rings. The van der Waals surface area contributed by atoms with Crippen LogP contribution in [0.15, 0.2) is 72.9 Å². The number of carbonyl (C=O) groups is 1. The lowest BCUT2D eigenvalue weighted by Crippen LogP contribution is -2.31. The molecule has 2 aromatic carbocycles. The molecule has 4 heterocycles. The third-order valence-corrected chi connectivity index (χ3v) is 7.69. The van der Waals surface area contributed by atoms with E-state index in [1.165, 1.54) is 5.56 Å². The van der Waals surface area contributed by atoms with Gasteiger partial charge in [-0.3, -0.25) is 9.78 Å². The van der Waals surface area contributed by atoms with E-state index in [2.05, 4.69) is 57.0 Å². The first-order chi connectivity index (χ1) is 19.9. The Kier molecular flexibility index (Phi) is 6.83. The van der Waals surface area contributed by atoms with Crippen molar-refractivity contribution in [2.45, 2.75) is 27.2 Å². The summed E-state index contributed by atoms with van der Waals surface area (Å²) >= 11 is 0. The molecule has 41 heavy (non-hydrogen) atoms. The molecule has 0 radical (unpaired) electrons. The van der Waals surface area contributed by atoms with Gasteiger partial charge in [-0.25, -0.2) is 15.0 Å². The Morgan fingerprint density at radius 2 is 1.37 bits per heavy atom. The van der Waals surface area contributed by atoms with E-state index in [9.17, 15) is 4.79 Å². The number of pyridine rings is 2. The fourth-order valence-electron chi connectivity index (χ4n) is 5.36. The van der Waals surface area contributed by atoms with Crippen molar-refractivity contribution in [3.05, 3.63) is 95.3 Å². The smallest absolute Gasteiger partial charge is 0.272 e. The minimum absolute atomic E-state index is 0.0648. The highest BCUT2D eigenvalue weighted by Gasteiger charge is 2.18. The first-order valence-corrected chi connectivity index (χ1v) is 14.0. The summed E-state index contributed by atoms with van der Waals surface area (Å²) in [6.07, 6.45) is 2.64. The molecule has 6 rings (SSSR count). The molecule has 8 nitrogen and oxygen atoms in total. The van der Waals surface area contributed by atoms with Gasteiger partial charge < -0.3 is 14.0 Å². The molecule has 0 spiro atoms. The van der Waals surface area contributed by atoms with Crippen LogP contribution in [0.2, 0.25) is 0 Å². The van der Waals surface area contributed by atoms with Crippen molar-refractivity contribution in [1.82, 2.24) is 34.0 Å². The van der Waals surface area contributed by atoms with E-state index in [4.69, 9.17) is 9.97 Å². The summed E-state index contributed by atoms with van der Waals surface area (Å²) < 4.78 is 4.13. The normalized spacial score (nSPS) is 11.4. The highest BCUT2D eigenvalue weighted by Crippen LogP contribution is 2.27. The van der Waals surface area contributed by atoms with Gasteiger partial charge in [0.05, 0.1) is 22.1 Å². The molecule has 0 fully saturated rings. The molecule has 0 aliphatic heterocycles. The molecule has 1 amide bonds. The molecule has 0 aliphatic carbocycles. The number of imidazole rings is 2. The van der Waals surface area contributed by atoms with Gasteiger partial charge in [0.2, 0.25) is 0 Å². The number of hydrogen-bond donors (Lipinski definition) is 0. The lowest BCUT2D eigenvalue weighted by atomic mass is 10.0. The van der Waals surface area contributed by atoms with Crippen LogP contribution in [-0.2, 0) is 20.5 Å². The molecular formula is C33H33N7O. The molecule has 0 saturated heterocycles. The topological polar surface area (TPSA) is 81.7 Å². The maximum absolute atomic E-state index is 12.9. The number of aromatic nitrogens is 6. The SMILES string of the molecule is CCN(CC)C(=O)c1cccc(-c2nc3cc(Cc4ccc5c(c4)nc(-c4ccc(C)cn4)n5C)ccc3n2C)n1. The van der Waals surface area contributed by atoms with Crippen LogP contribution >= 0.6 is 0 Å². The van der Waals surface area contributed by atoms with Gasteiger partial charge in [-0.2, -0.15) is 0 Å². The second kappa shape index (κ2) is 10.6. The van der Waals surface area contributed by atoms with Gasteiger partial charge in [0.25, 0.3) is 5.91 Å². The predicted molar refractivity (Wildman–Crippen MR) is 163 cm³/mol. The van der Waals surface area contributed by atoms with E-state index in [1.807, 2.05) is 63.8 Å². The van der Waals surface area contributed by atoms with Crippen LogP contribution in [0.1, 0.15) is 41.0 Å². The molecule has 8 heteroatoms. The number of rotatable bonds is 7. The van der Waals surface area contributed by atoms with Gasteiger partial charge >= 0.3 is 0 Å². The molecule has 4 aromatic heterocycles. The molecule has 0 atom stereocenters. The summed E-state index contributed by atoms with van der Waals surface area (Å²) in [7, 11) is 4.02. The van der Waals surface area contributed by atoms with E-state index in [-0.39, 0.29) is 5.91 Å². The monoisotopic (exact) mass is 543 g/mol. The van der Waals surface area contributed by atoms with Crippen molar-refractivity contribution in [3.63, 3.8) is 0 Å². The van der Waals surface area contributed by atoms with Crippen LogP contribution < -0.4 is 0 Å². The highest BCUT2D eigenvalue weighted by molar-refractivity contribution is 5.93. The Hall–Kier alpha value is -4.85. The largest absolute Gasteiger partial charge is 0.338 e. The van der Waals surface area contributed by atoms with Gasteiger partial charge in [-0.05, 0) is 86.3 Å². The third-order valence-electron chi connectivity index (χ3n) is 7.69. The molecule has 0 N–H and O–H groups in total. The number of hydrogen-bond acceptors (Lipinski definition) is 5. The van der Waals surface area contributed by atoms with Crippen LogP contribution in [-0.4, -0.2) is 53.0 Å². The fourth-order valence-corrected chi connectivity index (χ4v) is 5.36. The number of fused-ring (bicyclic) bond motifs is 2. The average molecular weight is 544 g/mol. The van der Waals surface area contributed by atoms with Crippen LogP contribution in [0.3, 0.4) is 0 Å². The molecule has 0 saturated carbocycles. The Morgan fingerprint density at radius 3 is 1.93 bits per heavy atom. The maximum Gasteiger partial charge on any atom is 0.272 e. The molecule has 0 bridgehead atoms. The van der Waals surface area contributed by atoms with E-state index >= 15 is 0 Å². The van der Waals surface area contributed by atoms with Crippen molar-refractivity contribution in [1.29, 1.82) is 0 Å². The summed E-state index contributed by atoms with van der Waals surface area (Å²) in [5.41, 5.74) is 9.39. The van der Waals surface area contributed by atoms with Gasteiger partial charge in [-0.1, -0.05) is 24.3 Å². The zero-order chi connectivity index (χ0) is 28.7. The number of benzene rings is 2. The van der Waals surface area contributed by atoms with E-state index < -0.39 is 0 Å². The van der Waals surface area contributed by atoms with Gasteiger partial charge in [-0.15, -0.1) is 0 Å². The number of amides is 1. The first-order valence-electron chi connectivity index (χ1n) is 14.0. The summed E-state index contributed by atoms with van der Waals surface area (Å²) in [5, 5.41) is 0. The Bertz CT molecular complexity index is 1900. The summed E-state index contributed by atoms with van der Waals surface area (Å²) in [6, 6.07) is 22.5. The van der Waals surface area contributed by atoms with E-state index in [0.717, 1.165) is 57.0 Å². The molecule has 0 unspecified atom stereocenters. The Morgan fingerprint density at radius 1 is 0.756 bits per heavy atom. The quantitative estimate of drug-likeness (QED) is 0.248. The lowest BCUT2D eigenvalue weighted by Gasteiger charge is -2.18. The summed E-state index contributed by atoms with van der Waals surface area (Å²) in [6.45, 7) is 7.28. The lowest BCUT2D eigenvalue weighted by molar-refractivity contribution is 0.0767. The van der Waals surface area contributed by atoms with Crippen molar-refractivity contribution in [2.24, 2.45) is 14.1 Å². The standard InChI is InChI=1S/C33H33N7O/c1-6-40(7-2)33(41)26-10-8-9-25(35-26)32-37-28-19-23(13-16-30(28)39(32)5)17-22-12-15-29-27(18-22)36-31(38(29)4)24-14-11-21(3)20-34-24/h8-16,18-20H,6-7,17H2,1-5H3. The van der Waals surface area contributed by atoms with Gasteiger partial charge in [0.15, 0.2) is 11.6 Å². The number of nitrogens with zero attached hydrogens (tertiary/aromatic N) is 7. The zero-order valence-electron chi connectivity index (χ0n) is 24.1. The Balaban J connectivity index is 1.29. The Labute approximate surface area is 239 Å². The zero-order valence-corrected chi connectivity index (χ0v) is 24.1. The van der Waals surface area contributed by atoms with Crippen molar-refractivity contribution in [2.75, 3.05) is 13.1 Å². The van der Waals surface area contributed by atoms with Crippen LogP contribution in [0.25, 0.3) is 45.1 Å². The molecule has 6 aromatic rings. The molecular weight excluding hydrogens is 510 g/mol. The maximum atomic E-state index is 12.9. The first kappa shape index (κ1) is 26.4.